The number of rotatable bonds is 5. The molecule has 1 N–H and O–H groups in total. The van der Waals surface area contributed by atoms with E-state index in [2.05, 4.69) is 4.72 Å². The van der Waals surface area contributed by atoms with Crippen molar-refractivity contribution < 1.29 is 17.9 Å². The van der Waals surface area contributed by atoms with Crippen molar-refractivity contribution in [2.45, 2.75) is 23.1 Å². The van der Waals surface area contributed by atoms with Crippen LogP contribution in [0.25, 0.3) is 0 Å². The molecular formula is C23H23N3O5S2. The fraction of sp³-hybridized carbons (Fsp3) is 0.304. The minimum atomic E-state index is -3.76. The summed E-state index contributed by atoms with van der Waals surface area (Å²) < 4.78 is 35.4. The molecule has 4 heterocycles. The fourth-order valence-electron chi connectivity index (χ4n) is 4.79. The number of pyridine rings is 1. The van der Waals surface area contributed by atoms with Crippen molar-refractivity contribution in [2.24, 2.45) is 5.92 Å². The van der Waals surface area contributed by atoms with Crippen LogP contribution in [0, 0.1) is 5.92 Å². The van der Waals surface area contributed by atoms with Gasteiger partial charge in [-0.2, -0.15) is 0 Å². The summed E-state index contributed by atoms with van der Waals surface area (Å²) in [6.07, 6.45) is 0.795. The number of sulfonamides is 1. The molecule has 5 rings (SSSR count). The maximum Gasteiger partial charge on any atom is 0.271 e. The number of nitrogens with one attached hydrogen (secondary N) is 1. The average Bonchev–Trinajstić information content (AvgIpc) is 3.36. The lowest BCUT2D eigenvalue weighted by Crippen LogP contribution is -2.49. The van der Waals surface area contributed by atoms with Gasteiger partial charge in [-0.1, -0.05) is 6.07 Å². The zero-order valence-corrected chi connectivity index (χ0v) is 19.6. The van der Waals surface area contributed by atoms with E-state index in [0.717, 1.165) is 17.8 Å². The molecule has 0 aliphatic carbocycles. The third kappa shape index (κ3) is 4.04. The number of hydrogen-bond acceptors (Lipinski definition) is 6. The monoisotopic (exact) mass is 485 g/mol. The van der Waals surface area contributed by atoms with Gasteiger partial charge < -0.3 is 14.2 Å². The standard InChI is InChI=1S/C23H23N3O5S2/c1-31-18-6-4-16(5-7-18)23(28)25-12-15-11-17(14-25)22-19(8-9-20(27)26(22)13-15)24-33(29,30)21-3-2-10-32-21/h2-10,15,17,24H,11-14H2,1H3/t15-,17+/m0/s1. The molecule has 10 heteroatoms. The van der Waals surface area contributed by atoms with Crippen molar-refractivity contribution >= 4 is 33.0 Å². The van der Waals surface area contributed by atoms with Crippen LogP contribution in [0.1, 0.15) is 28.4 Å². The molecule has 2 bridgehead atoms. The van der Waals surface area contributed by atoms with Gasteiger partial charge in [-0.15, -0.1) is 11.3 Å². The summed E-state index contributed by atoms with van der Waals surface area (Å²) in [5.74, 6) is 0.577. The number of amides is 1. The van der Waals surface area contributed by atoms with Crippen LogP contribution in [0.15, 0.2) is 62.9 Å². The molecule has 3 aromatic rings. The van der Waals surface area contributed by atoms with Gasteiger partial charge in [0.1, 0.15) is 9.96 Å². The van der Waals surface area contributed by atoms with Gasteiger partial charge in [0, 0.05) is 37.2 Å². The number of ether oxygens (including phenoxy) is 1. The van der Waals surface area contributed by atoms with Crippen molar-refractivity contribution in [1.82, 2.24) is 9.47 Å². The Morgan fingerprint density at radius 3 is 2.58 bits per heavy atom. The minimum absolute atomic E-state index is 0.0835. The molecule has 1 amide bonds. The van der Waals surface area contributed by atoms with E-state index in [1.54, 1.807) is 58.4 Å². The lowest BCUT2D eigenvalue weighted by Gasteiger charge is -2.43. The van der Waals surface area contributed by atoms with Gasteiger partial charge in [0.15, 0.2) is 0 Å². The highest BCUT2D eigenvalue weighted by Gasteiger charge is 2.38. The van der Waals surface area contributed by atoms with Crippen LogP contribution in [0.5, 0.6) is 5.75 Å². The van der Waals surface area contributed by atoms with E-state index >= 15 is 0 Å². The number of aromatic nitrogens is 1. The Labute approximate surface area is 195 Å². The second kappa shape index (κ2) is 8.35. The Hall–Kier alpha value is -3.11. The quantitative estimate of drug-likeness (QED) is 0.599. The van der Waals surface area contributed by atoms with Gasteiger partial charge in [0.2, 0.25) is 0 Å². The van der Waals surface area contributed by atoms with Crippen LogP contribution in [0.4, 0.5) is 5.69 Å². The number of anilines is 1. The number of fused-ring (bicyclic) bond motifs is 4. The third-order valence-electron chi connectivity index (χ3n) is 6.22. The van der Waals surface area contributed by atoms with Gasteiger partial charge >= 0.3 is 0 Å². The molecule has 1 saturated heterocycles. The van der Waals surface area contributed by atoms with Gasteiger partial charge in [-0.3, -0.25) is 14.3 Å². The van der Waals surface area contributed by atoms with Crippen LogP contribution in [0.3, 0.4) is 0 Å². The zero-order chi connectivity index (χ0) is 23.2. The van der Waals surface area contributed by atoms with Crippen molar-refractivity contribution in [3.05, 3.63) is 75.5 Å². The van der Waals surface area contributed by atoms with Crippen molar-refractivity contribution in [2.75, 3.05) is 24.9 Å². The molecule has 1 fully saturated rings. The predicted molar refractivity (Wildman–Crippen MR) is 126 cm³/mol. The summed E-state index contributed by atoms with van der Waals surface area (Å²) in [5, 5.41) is 1.70. The number of likely N-dealkylation sites (tertiary alicyclic amines) is 1. The third-order valence-corrected chi connectivity index (χ3v) is 8.98. The van der Waals surface area contributed by atoms with Crippen LogP contribution >= 0.6 is 11.3 Å². The number of piperidine rings is 1. The number of benzene rings is 1. The molecule has 0 saturated carbocycles. The number of methoxy groups -OCH3 is 1. The molecule has 2 aliphatic heterocycles. The Balaban J connectivity index is 1.46. The molecule has 33 heavy (non-hydrogen) atoms. The average molecular weight is 486 g/mol. The molecule has 1 aromatic carbocycles. The Bertz CT molecular complexity index is 1350. The van der Waals surface area contributed by atoms with E-state index in [1.165, 1.54) is 12.1 Å². The summed E-state index contributed by atoms with van der Waals surface area (Å²) in [6.45, 7) is 1.42. The molecule has 0 radical (unpaired) electrons. The summed E-state index contributed by atoms with van der Waals surface area (Å²) in [5.41, 5.74) is 1.45. The van der Waals surface area contributed by atoms with E-state index in [9.17, 15) is 18.0 Å². The van der Waals surface area contributed by atoms with Crippen molar-refractivity contribution in [1.29, 1.82) is 0 Å². The van der Waals surface area contributed by atoms with Gasteiger partial charge in [-0.25, -0.2) is 8.42 Å². The highest BCUT2D eigenvalue weighted by Crippen LogP contribution is 2.39. The molecule has 0 spiro atoms. The first-order chi connectivity index (χ1) is 15.9. The summed E-state index contributed by atoms with van der Waals surface area (Å²) in [6, 6.07) is 13.1. The van der Waals surface area contributed by atoms with Gasteiger partial charge in [0.25, 0.3) is 21.5 Å². The highest BCUT2D eigenvalue weighted by molar-refractivity contribution is 7.94. The van der Waals surface area contributed by atoms with E-state index in [1.807, 2.05) is 0 Å². The molecule has 2 aliphatic rings. The SMILES string of the molecule is COc1ccc(C(=O)N2C[C@@H]3C[C@H](C2)c2c(NS(=O)(=O)c4cccs4)ccc(=O)n2C3)cc1. The lowest BCUT2D eigenvalue weighted by molar-refractivity contribution is 0.0595. The first kappa shape index (κ1) is 21.7. The summed E-state index contributed by atoms with van der Waals surface area (Å²) in [7, 11) is -2.19. The number of nitrogens with zero attached hydrogens (tertiary/aromatic N) is 2. The highest BCUT2D eigenvalue weighted by atomic mass is 32.2. The molecular weight excluding hydrogens is 462 g/mol. The van der Waals surface area contributed by atoms with Gasteiger partial charge in [0.05, 0.1) is 18.5 Å². The summed E-state index contributed by atoms with van der Waals surface area (Å²) in [4.78, 5) is 27.6. The van der Waals surface area contributed by atoms with E-state index in [-0.39, 0.29) is 27.5 Å². The first-order valence-electron chi connectivity index (χ1n) is 10.6. The van der Waals surface area contributed by atoms with Crippen LogP contribution < -0.4 is 15.0 Å². The predicted octanol–water partition coefficient (Wildman–Crippen LogP) is 2.98. The van der Waals surface area contributed by atoms with Crippen LogP contribution in [-0.2, 0) is 16.6 Å². The first-order valence-corrected chi connectivity index (χ1v) is 13.0. The second-order valence-corrected chi connectivity index (χ2v) is 11.2. The zero-order valence-electron chi connectivity index (χ0n) is 17.9. The number of carbonyl (C=O) groups is 1. The maximum absolute atomic E-state index is 13.2. The van der Waals surface area contributed by atoms with Gasteiger partial charge in [-0.05, 0) is 54.1 Å². The Kier molecular flexibility index (Phi) is 5.49. The van der Waals surface area contributed by atoms with Crippen LogP contribution in [-0.4, -0.2) is 44.0 Å². The number of thiophene rings is 1. The largest absolute Gasteiger partial charge is 0.497 e. The molecule has 172 valence electrons. The van der Waals surface area contributed by atoms with Crippen molar-refractivity contribution in [3.63, 3.8) is 0 Å². The molecule has 2 atom stereocenters. The fourth-order valence-corrected chi connectivity index (χ4v) is 6.86. The van der Waals surface area contributed by atoms with Crippen molar-refractivity contribution in [3.8, 4) is 5.75 Å². The molecule has 8 nitrogen and oxygen atoms in total. The van der Waals surface area contributed by atoms with E-state index < -0.39 is 10.0 Å². The minimum Gasteiger partial charge on any atom is -0.497 e. The summed E-state index contributed by atoms with van der Waals surface area (Å²) >= 11 is 1.13. The van der Waals surface area contributed by atoms with Crippen LogP contribution in [0.2, 0.25) is 0 Å². The molecule has 0 unspecified atom stereocenters. The number of carbonyl (C=O) groups excluding carboxylic acids is 1. The topological polar surface area (TPSA) is 97.7 Å². The van der Waals surface area contributed by atoms with E-state index in [0.29, 0.717) is 42.3 Å². The Morgan fingerprint density at radius 2 is 1.88 bits per heavy atom. The second-order valence-electron chi connectivity index (χ2n) is 8.36. The lowest BCUT2D eigenvalue weighted by atomic mass is 9.82. The smallest absolute Gasteiger partial charge is 0.271 e. The molecule has 2 aromatic heterocycles. The van der Waals surface area contributed by atoms with E-state index in [4.69, 9.17) is 4.74 Å². The normalized spacial score (nSPS) is 19.6. The maximum atomic E-state index is 13.2. The Morgan fingerprint density at radius 1 is 1.09 bits per heavy atom. The number of hydrogen-bond donors (Lipinski definition) is 1.